The van der Waals surface area contributed by atoms with Gasteiger partial charge in [-0.1, -0.05) is 12.1 Å². The summed E-state index contributed by atoms with van der Waals surface area (Å²) in [5.41, 5.74) is 4.85. The fourth-order valence-corrected chi connectivity index (χ4v) is 3.36. The summed E-state index contributed by atoms with van der Waals surface area (Å²) in [6.07, 6.45) is 8.77. The third-order valence-corrected chi connectivity index (χ3v) is 5.00. The number of aromatic amines is 1. The molecule has 4 heterocycles. The van der Waals surface area contributed by atoms with Crippen molar-refractivity contribution in [2.45, 2.75) is 6.92 Å². The Labute approximate surface area is 200 Å². The van der Waals surface area contributed by atoms with Gasteiger partial charge in [0.05, 0.1) is 23.7 Å². The number of aryl methyl sites for hydroxylation is 1. The first-order chi connectivity index (χ1) is 15.1. The second-order valence-corrected chi connectivity index (χ2v) is 7.15. The molecule has 7 nitrogen and oxygen atoms in total. The summed E-state index contributed by atoms with van der Waals surface area (Å²) in [6, 6.07) is 11.8. The number of benzene rings is 1. The zero-order chi connectivity index (χ0) is 21.4. The Bertz CT molecular complexity index is 1400. The Morgan fingerprint density at radius 1 is 0.970 bits per heavy atom. The average Bonchev–Trinajstić information content (AvgIpc) is 3.45. The number of carbonyl (C=O) groups excluding carboxylic acids is 1. The van der Waals surface area contributed by atoms with E-state index in [-0.39, 0.29) is 30.4 Å². The smallest absolute Gasteiger partial charge is 0.259 e. The molecule has 0 radical (unpaired) electrons. The molecule has 4 aromatic heterocycles. The molecule has 0 aliphatic rings. The van der Waals surface area contributed by atoms with Gasteiger partial charge in [-0.2, -0.15) is 5.10 Å². The van der Waals surface area contributed by atoms with E-state index in [9.17, 15) is 9.18 Å². The van der Waals surface area contributed by atoms with E-state index >= 15 is 0 Å². The third kappa shape index (κ3) is 4.72. The van der Waals surface area contributed by atoms with Crippen molar-refractivity contribution in [1.29, 1.82) is 0 Å². The maximum Gasteiger partial charge on any atom is 0.259 e. The maximum atomic E-state index is 14.8. The van der Waals surface area contributed by atoms with Crippen molar-refractivity contribution < 1.29 is 9.18 Å². The van der Waals surface area contributed by atoms with Crippen LogP contribution in [0.4, 0.5) is 10.2 Å². The van der Waals surface area contributed by atoms with Crippen LogP contribution in [0.15, 0.2) is 73.4 Å². The van der Waals surface area contributed by atoms with E-state index in [1.165, 1.54) is 12.1 Å². The van der Waals surface area contributed by atoms with E-state index in [2.05, 4.69) is 25.5 Å². The van der Waals surface area contributed by atoms with Crippen LogP contribution in [0.25, 0.3) is 28.0 Å². The van der Waals surface area contributed by atoms with Crippen molar-refractivity contribution in [1.82, 2.24) is 24.6 Å². The summed E-state index contributed by atoms with van der Waals surface area (Å²) in [5.74, 6) is -0.809. The lowest BCUT2D eigenvalue weighted by atomic mass is 10.1. The van der Waals surface area contributed by atoms with Gasteiger partial charge < -0.3 is 5.32 Å². The molecule has 33 heavy (non-hydrogen) atoms. The normalized spacial score (nSPS) is 10.4. The fraction of sp³-hybridized carbons (Fsp3) is 0.0435. The second-order valence-electron chi connectivity index (χ2n) is 7.15. The van der Waals surface area contributed by atoms with E-state index in [1.54, 1.807) is 36.9 Å². The molecule has 5 aromatic rings. The van der Waals surface area contributed by atoms with Crippen molar-refractivity contribution in [3.05, 3.63) is 90.4 Å². The molecule has 0 bridgehead atoms. The highest BCUT2D eigenvalue weighted by Gasteiger charge is 2.15. The molecule has 168 valence electrons. The van der Waals surface area contributed by atoms with Gasteiger partial charge in [0.1, 0.15) is 17.3 Å². The van der Waals surface area contributed by atoms with Crippen molar-refractivity contribution in [3.63, 3.8) is 0 Å². The van der Waals surface area contributed by atoms with Gasteiger partial charge in [-0.3, -0.25) is 14.3 Å². The highest BCUT2D eigenvalue weighted by molar-refractivity contribution is 6.04. The number of hydrogen-bond acceptors (Lipinski definition) is 4. The maximum absolute atomic E-state index is 14.8. The lowest BCUT2D eigenvalue weighted by Gasteiger charge is -2.08. The number of fused-ring (bicyclic) bond motifs is 1. The third-order valence-electron chi connectivity index (χ3n) is 5.00. The number of hydrogen-bond donors (Lipinski definition) is 2. The monoisotopic (exact) mass is 484 g/mol. The lowest BCUT2D eigenvalue weighted by Crippen LogP contribution is -2.14. The van der Waals surface area contributed by atoms with Crippen LogP contribution in [0.5, 0.6) is 0 Å². The van der Waals surface area contributed by atoms with Gasteiger partial charge in [-0.25, -0.2) is 14.4 Å². The predicted octanol–water partition coefficient (Wildman–Crippen LogP) is 5.33. The first-order valence-corrected chi connectivity index (χ1v) is 9.59. The number of rotatable bonds is 4. The topological polar surface area (TPSA) is 88.0 Å². The van der Waals surface area contributed by atoms with Crippen LogP contribution in [0.1, 0.15) is 15.9 Å². The first-order valence-electron chi connectivity index (χ1n) is 9.59. The van der Waals surface area contributed by atoms with Gasteiger partial charge in [0.2, 0.25) is 0 Å². The highest BCUT2D eigenvalue weighted by Crippen LogP contribution is 2.26. The van der Waals surface area contributed by atoms with E-state index in [1.807, 2.05) is 35.7 Å². The van der Waals surface area contributed by atoms with Crippen LogP contribution in [0, 0.1) is 12.7 Å². The molecule has 1 aromatic carbocycles. The molecule has 2 N–H and O–H groups in total. The minimum absolute atomic E-state index is 0. The van der Waals surface area contributed by atoms with Crippen LogP contribution in [0.3, 0.4) is 0 Å². The second kappa shape index (κ2) is 9.81. The standard InChI is InChI=1S/C23H17FN6O.2ClH/c1-14-2-6-21(25-9-14)29-23(31)18-5-3-15(8-19(18)24)20-12-26-22-7-4-16(13-30(20)22)17-10-27-28-11-17;;/h2-13H,1H3,(H,27,28)(H,25,29,31);2*1H. The summed E-state index contributed by atoms with van der Waals surface area (Å²) in [6.45, 7) is 1.90. The number of nitrogens with one attached hydrogen (secondary N) is 2. The molecule has 0 aliphatic carbocycles. The van der Waals surface area contributed by atoms with Crippen LogP contribution in [-0.4, -0.2) is 30.5 Å². The molecule has 1 amide bonds. The van der Waals surface area contributed by atoms with Gasteiger partial charge in [0, 0.05) is 35.3 Å². The number of pyridine rings is 2. The molecule has 5 rings (SSSR count). The molecular formula is C23H19Cl2FN6O. The molecule has 0 unspecified atom stereocenters. The summed E-state index contributed by atoms with van der Waals surface area (Å²) in [5, 5.41) is 9.39. The van der Waals surface area contributed by atoms with Gasteiger partial charge in [0.25, 0.3) is 5.91 Å². The Balaban J connectivity index is 0.00000153. The Hall–Kier alpha value is -3.75. The minimum Gasteiger partial charge on any atom is -0.306 e. The van der Waals surface area contributed by atoms with Gasteiger partial charge in [-0.15, -0.1) is 24.8 Å². The van der Waals surface area contributed by atoms with Gasteiger partial charge >= 0.3 is 0 Å². The number of imidazole rings is 1. The summed E-state index contributed by atoms with van der Waals surface area (Å²) in [7, 11) is 0. The molecule has 0 saturated carbocycles. The van der Waals surface area contributed by atoms with Crippen molar-refractivity contribution >= 4 is 42.2 Å². The Kier molecular flexibility index (Phi) is 7.10. The van der Waals surface area contributed by atoms with E-state index < -0.39 is 11.7 Å². The first kappa shape index (κ1) is 23.9. The number of halogens is 3. The van der Waals surface area contributed by atoms with Crippen LogP contribution >= 0.6 is 24.8 Å². The highest BCUT2D eigenvalue weighted by atomic mass is 35.5. The van der Waals surface area contributed by atoms with Crippen molar-refractivity contribution in [3.8, 4) is 22.4 Å². The number of anilines is 1. The Morgan fingerprint density at radius 3 is 2.48 bits per heavy atom. The molecule has 0 aliphatic heterocycles. The quantitative estimate of drug-likeness (QED) is 0.360. The summed E-state index contributed by atoms with van der Waals surface area (Å²) in [4.78, 5) is 21.0. The molecule has 0 saturated heterocycles. The van der Waals surface area contributed by atoms with Crippen LogP contribution < -0.4 is 5.32 Å². The van der Waals surface area contributed by atoms with E-state index in [4.69, 9.17) is 0 Å². The largest absolute Gasteiger partial charge is 0.306 e. The van der Waals surface area contributed by atoms with Crippen LogP contribution in [-0.2, 0) is 0 Å². The van der Waals surface area contributed by atoms with Crippen molar-refractivity contribution in [2.75, 3.05) is 5.32 Å². The number of carbonyl (C=O) groups is 1. The predicted molar refractivity (Wildman–Crippen MR) is 130 cm³/mol. The SMILES string of the molecule is Cc1ccc(NC(=O)c2ccc(-c3cnc4ccc(-c5cn[nH]c5)cn34)cc2F)nc1.Cl.Cl. The lowest BCUT2D eigenvalue weighted by molar-refractivity contribution is 0.102. The zero-order valence-electron chi connectivity index (χ0n) is 17.3. The fourth-order valence-electron chi connectivity index (χ4n) is 3.36. The minimum atomic E-state index is -0.622. The van der Waals surface area contributed by atoms with Gasteiger partial charge in [0.15, 0.2) is 0 Å². The van der Waals surface area contributed by atoms with Gasteiger partial charge in [-0.05, 0) is 42.8 Å². The van der Waals surface area contributed by atoms with Crippen LogP contribution in [0.2, 0.25) is 0 Å². The average molecular weight is 485 g/mol. The van der Waals surface area contributed by atoms with E-state index in [0.29, 0.717) is 17.1 Å². The molecular weight excluding hydrogens is 466 g/mol. The van der Waals surface area contributed by atoms with Crippen molar-refractivity contribution in [2.24, 2.45) is 0 Å². The zero-order valence-corrected chi connectivity index (χ0v) is 19.0. The number of amides is 1. The molecule has 10 heteroatoms. The number of H-pyrrole nitrogens is 1. The molecule has 0 fully saturated rings. The Morgan fingerprint density at radius 2 is 1.79 bits per heavy atom. The molecule has 0 spiro atoms. The van der Waals surface area contributed by atoms with E-state index in [0.717, 1.165) is 22.3 Å². The summed E-state index contributed by atoms with van der Waals surface area (Å²) >= 11 is 0. The molecule has 0 atom stereocenters. The number of nitrogens with zero attached hydrogens (tertiary/aromatic N) is 4. The summed E-state index contributed by atoms with van der Waals surface area (Å²) < 4.78 is 16.7. The number of aromatic nitrogens is 5.